The highest BCUT2D eigenvalue weighted by Gasteiger charge is 2.08. The molecule has 32 heavy (non-hydrogen) atoms. The summed E-state index contributed by atoms with van der Waals surface area (Å²) in [6.07, 6.45) is 4.44. The molecule has 0 saturated heterocycles. The Hall–Kier alpha value is -4.03. The largest absolute Gasteiger partial charge is 0.423 e. The zero-order valence-corrected chi connectivity index (χ0v) is 17.9. The number of rotatable bonds is 5. The normalized spacial score (nSPS) is 11.4. The number of esters is 1. The maximum absolute atomic E-state index is 12.8. The first-order chi connectivity index (χ1) is 15.5. The first kappa shape index (κ1) is 21.2. The average Bonchev–Trinajstić information content (AvgIpc) is 2.79. The van der Waals surface area contributed by atoms with Crippen LogP contribution in [0.3, 0.4) is 0 Å². The van der Waals surface area contributed by atoms with Crippen molar-refractivity contribution in [1.29, 1.82) is 0 Å². The number of hydrogen-bond donors (Lipinski definition) is 0. The van der Waals surface area contributed by atoms with Crippen LogP contribution >= 0.6 is 11.6 Å². The number of hydrogen-bond acceptors (Lipinski definition) is 5. The Morgan fingerprint density at radius 1 is 1.03 bits per heavy atom. The lowest BCUT2D eigenvalue weighted by Gasteiger charge is -2.07. The maximum Gasteiger partial charge on any atom is 0.336 e. The lowest BCUT2D eigenvalue weighted by atomic mass is 10.2. The second-order valence-corrected chi connectivity index (χ2v) is 7.32. The molecular formula is C25H18ClN3O3. The van der Waals surface area contributed by atoms with Crippen LogP contribution in [0.2, 0.25) is 5.02 Å². The van der Waals surface area contributed by atoms with Crippen LogP contribution in [0.5, 0.6) is 5.75 Å². The zero-order valence-electron chi connectivity index (χ0n) is 17.1. The van der Waals surface area contributed by atoms with Crippen molar-refractivity contribution in [3.8, 4) is 5.75 Å². The first-order valence-electron chi connectivity index (χ1n) is 9.78. The van der Waals surface area contributed by atoms with Gasteiger partial charge in [-0.15, -0.1) is 0 Å². The van der Waals surface area contributed by atoms with Crippen molar-refractivity contribution in [2.45, 2.75) is 6.92 Å². The highest BCUT2D eigenvalue weighted by atomic mass is 35.5. The van der Waals surface area contributed by atoms with E-state index in [2.05, 4.69) is 10.1 Å². The van der Waals surface area contributed by atoms with Gasteiger partial charge in [0.2, 0.25) is 0 Å². The number of aromatic nitrogens is 2. The molecule has 4 aromatic rings. The molecule has 1 aromatic heterocycles. The third-order valence-electron chi connectivity index (χ3n) is 4.64. The molecule has 6 nitrogen and oxygen atoms in total. The number of ether oxygens (including phenoxy) is 1. The van der Waals surface area contributed by atoms with E-state index in [4.69, 9.17) is 16.3 Å². The Morgan fingerprint density at radius 2 is 1.75 bits per heavy atom. The molecule has 0 radical (unpaired) electrons. The monoisotopic (exact) mass is 443 g/mol. The van der Waals surface area contributed by atoms with Crippen LogP contribution in [-0.4, -0.2) is 21.8 Å². The van der Waals surface area contributed by atoms with E-state index in [9.17, 15) is 9.59 Å². The zero-order chi connectivity index (χ0) is 22.5. The summed E-state index contributed by atoms with van der Waals surface area (Å²) < 4.78 is 6.69. The molecule has 0 aliphatic carbocycles. The van der Waals surface area contributed by atoms with Crippen molar-refractivity contribution in [1.82, 2.24) is 9.66 Å². The van der Waals surface area contributed by atoms with E-state index in [-0.39, 0.29) is 5.56 Å². The summed E-state index contributed by atoms with van der Waals surface area (Å²) in [6.45, 7) is 1.71. The van der Waals surface area contributed by atoms with Gasteiger partial charge in [0.05, 0.1) is 17.1 Å². The van der Waals surface area contributed by atoms with Gasteiger partial charge in [-0.1, -0.05) is 48.0 Å². The second-order valence-electron chi connectivity index (χ2n) is 6.88. The van der Waals surface area contributed by atoms with Crippen LogP contribution in [0.1, 0.15) is 17.0 Å². The SMILES string of the molecule is Cc1nc2ccccc2c(=O)n1N=Cc1ccccc1OC(=O)/C=C/c1ccc(Cl)cc1. The molecule has 3 aromatic carbocycles. The van der Waals surface area contributed by atoms with E-state index in [1.54, 1.807) is 79.7 Å². The number of carbonyl (C=O) groups is 1. The van der Waals surface area contributed by atoms with E-state index in [0.717, 1.165) is 5.56 Å². The molecule has 0 spiro atoms. The van der Waals surface area contributed by atoms with Crippen molar-refractivity contribution >= 4 is 40.8 Å². The number of aryl methyl sites for hydroxylation is 1. The summed E-state index contributed by atoms with van der Waals surface area (Å²) in [5, 5.41) is 5.38. The van der Waals surface area contributed by atoms with Crippen molar-refractivity contribution < 1.29 is 9.53 Å². The van der Waals surface area contributed by atoms with Gasteiger partial charge in [0.25, 0.3) is 5.56 Å². The third-order valence-corrected chi connectivity index (χ3v) is 4.89. The number of fused-ring (bicyclic) bond motifs is 1. The smallest absolute Gasteiger partial charge is 0.336 e. The van der Waals surface area contributed by atoms with Gasteiger partial charge >= 0.3 is 5.97 Å². The van der Waals surface area contributed by atoms with Crippen LogP contribution in [0.4, 0.5) is 0 Å². The standard InChI is InChI=1S/C25H18ClN3O3/c1-17-28-22-8-4-3-7-21(22)25(31)29(17)27-16-19-6-2-5-9-23(19)32-24(30)15-12-18-10-13-20(26)14-11-18/h2-16H,1H3/b15-12+,27-16?. The molecule has 1 heterocycles. The summed E-state index contributed by atoms with van der Waals surface area (Å²) in [7, 11) is 0. The predicted molar refractivity (Wildman–Crippen MR) is 126 cm³/mol. The van der Waals surface area contributed by atoms with E-state index >= 15 is 0 Å². The molecule has 0 aliphatic heterocycles. The van der Waals surface area contributed by atoms with Crippen LogP contribution in [-0.2, 0) is 4.79 Å². The highest BCUT2D eigenvalue weighted by molar-refractivity contribution is 6.30. The van der Waals surface area contributed by atoms with Gasteiger partial charge in [-0.05, 0) is 55.0 Å². The Kier molecular flexibility index (Phi) is 6.24. The summed E-state index contributed by atoms with van der Waals surface area (Å²) >= 11 is 5.87. The summed E-state index contributed by atoms with van der Waals surface area (Å²) in [4.78, 5) is 29.5. The molecule has 0 aliphatic rings. The lowest BCUT2D eigenvalue weighted by molar-refractivity contribution is -0.128. The Balaban J connectivity index is 1.57. The fourth-order valence-electron chi connectivity index (χ4n) is 3.05. The molecule has 0 unspecified atom stereocenters. The van der Waals surface area contributed by atoms with Gasteiger partial charge < -0.3 is 4.74 Å². The lowest BCUT2D eigenvalue weighted by Crippen LogP contribution is -2.20. The number of nitrogens with zero attached hydrogens (tertiary/aromatic N) is 3. The van der Waals surface area contributed by atoms with E-state index in [1.165, 1.54) is 17.0 Å². The van der Waals surface area contributed by atoms with Gasteiger partial charge in [0.1, 0.15) is 11.6 Å². The molecule has 0 fully saturated rings. The van der Waals surface area contributed by atoms with Crippen molar-refractivity contribution in [2.24, 2.45) is 5.10 Å². The minimum absolute atomic E-state index is 0.273. The van der Waals surface area contributed by atoms with Gasteiger partial charge in [-0.3, -0.25) is 4.79 Å². The molecule has 158 valence electrons. The van der Waals surface area contributed by atoms with Crippen LogP contribution in [0.25, 0.3) is 17.0 Å². The van der Waals surface area contributed by atoms with E-state index in [1.807, 2.05) is 6.07 Å². The van der Waals surface area contributed by atoms with Gasteiger partial charge in [-0.2, -0.15) is 9.78 Å². The van der Waals surface area contributed by atoms with Gasteiger partial charge in [0, 0.05) is 16.7 Å². The molecule has 0 atom stereocenters. The number of para-hydroxylation sites is 2. The second kappa shape index (κ2) is 9.41. The molecule has 0 N–H and O–H groups in total. The fourth-order valence-corrected chi connectivity index (χ4v) is 3.18. The number of benzene rings is 3. The summed E-state index contributed by atoms with van der Waals surface area (Å²) in [5.41, 5.74) is 1.70. The van der Waals surface area contributed by atoms with E-state index < -0.39 is 5.97 Å². The Morgan fingerprint density at radius 3 is 2.56 bits per heavy atom. The predicted octanol–water partition coefficient (Wildman–Crippen LogP) is 4.86. The number of halogens is 1. The summed E-state index contributed by atoms with van der Waals surface area (Å²) in [6, 6.07) is 21.1. The van der Waals surface area contributed by atoms with Crippen LogP contribution in [0, 0.1) is 6.92 Å². The molecule has 7 heteroatoms. The Labute approximate surface area is 189 Å². The fraction of sp³-hybridized carbons (Fsp3) is 0.0400. The van der Waals surface area contributed by atoms with Crippen LogP contribution < -0.4 is 10.3 Å². The van der Waals surface area contributed by atoms with Gasteiger partial charge in [0.15, 0.2) is 0 Å². The van der Waals surface area contributed by atoms with Crippen LogP contribution in [0.15, 0.2) is 88.8 Å². The Bertz CT molecular complexity index is 1410. The number of carbonyl (C=O) groups excluding carboxylic acids is 1. The first-order valence-corrected chi connectivity index (χ1v) is 10.2. The molecule has 4 rings (SSSR count). The minimum atomic E-state index is -0.540. The maximum atomic E-state index is 12.8. The molecule has 0 bridgehead atoms. The molecular weight excluding hydrogens is 426 g/mol. The molecule has 0 saturated carbocycles. The summed E-state index contributed by atoms with van der Waals surface area (Å²) in [5.74, 6) is 0.230. The third kappa shape index (κ3) is 4.82. The van der Waals surface area contributed by atoms with Crippen molar-refractivity contribution in [2.75, 3.05) is 0 Å². The van der Waals surface area contributed by atoms with Crippen molar-refractivity contribution in [3.63, 3.8) is 0 Å². The topological polar surface area (TPSA) is 73.6 Å². The van der Waals surface area contributed by atoms with Gasteiger partial charge in [-0.25, -0.2) is 9.78 Å². The molecule has 0 amide bonds. The minimum Gasteiger partial charge on any atom is -0.423 e. The van der Waals surface area contributed by atoms with Crippen molar-refractivity contribution in [3.05, 3.63) is 111 Å². The average molecular weight is 444 g/mol. The quantitative estimate of drug-likeness (QED) is 0.191. The highest BCUT2D eigenvalue weighted by Crippen LogP contribution is 2.17. The van der Waals surface area contributed by atoms with E-state index in [0.29, 0.717) is 33.1 Å².